The van der Waals surface area contributed by atoms with Crippen LogP contribution in [-0.4, -0.2) is 12.0 Å². The molecule has 0 aliphatic heterocycles. The lowest BCUT2D eigenvalue weighted by Crippen LogP contribution is -2.30. The molecule has 0 fully saturated rings. The first-order valence-electron chi connectivity index (χ1n) is 9.28. The number of fused-ring (bicyclic) bond motifs is 1. The van der Waals surface area contributed by atoms with Crippen molar-refractivity contribution in [3.05, 3.63) is 44.8 Å². The van der Waals surface area contributed by atoms with Gasteiger partial charge in [-0.1, -0.05) is 24.4 Å². The maximum atomic E-state index is 12.6. The number of nitrogens with one attached hydrogen (secondary N) is 1. The molecule has 0 saturated heterocycles. The van der Waals surface area contributed by atoms with E-state index in [1.165, 1.54) is 29.1 Å². The number of carbonyl (C=O) groups is 1. The summed E-state index contributed by atoms with van der Waals surface area (Å²) in [5, 5.41) is 13.8. The summed E-state index contributed by atoms with van der Waals surface area (Å²) in [6.07, 6.45) is 5.89. The van der Waals surface area contributed by atoms with Crippen molar-refractivity contribution in [3.8, 4) is 11.8 Å². The first kappa shape index (κ1) is 19.7. The van der Waals surface area contributed by atoms with Crippen LogP contribution in [0.3, 0.4) is 0 Å². The monoisotopic (exact) mass is 402 g/mol. The van der Waals surface area contributed by atoms with Crippen LogP contribution in [0.25, 0.3) is 0 Å². The summed E-state index contributed by atoms with van der Waals surface area (Å²) >= 11 is 7.50. The molecule has 0 spiro atoms. The number of hydrogen-bond donors (Lipinski definition) is 1. The van der Waals surface area contributed by atoms with Crippen molar-refractivity contribution in [1.82, 2.24) is 0 Å². The van der Waals surface area contributed by atoms with Crippen molar-refractivity contribution in [2.75, 3.05) is 5.32 Å². The van der Waals surface area contributed by atoms with Gasteiger partial charge in [-0.15, -0.1) is 11.3 Å². The van der Waals surface area contributed by atoms with Gasteiger partial charge in [0.2, 0.25) is 0 Å². The summed E-state index contributed by atoms with van der Waals surface area (Å²) in [6, 6.07) is 7.60. The van der Waals surface area contributed by atoms with Crippen molar-refractivity contribution >= 4 is 33.8 Å². The van der Waals surface area contributed by atoms with Crippen LogP contribution in [0.1, 0.15) is 54.2 Å². The zero-order valence-corrected chi connectivity index (χ0v) is 17.2. The zero-order valence-electron chi connectivity index (χ0n) is 15.6. The molecular formula is C21H23ClN2O2S. The molecule has 0 unspecified atom stereocenters. The lowest BCUT2D eigenvalue weighted by Gasteiger charge is -2.16. The van der Waals surface area contributed by atoms with Gasteiger partial charge >= 0.3 is 0 Å². The fourth-order valence-electron chi connectivity index (χ4n) is 3.33. The van der Waals surface area contributed by atoms with Crippen LogP contribution in [0.2, 0.25) is 5.02 Å². The molecule has 6 heteroatoms. The Bertz CT molecular complexity index is 885. The summed E-state index contributed by atoms with van der Waals surface area (Å²) in [6.45, 7) is 3.60. The molecule has 142 valence electrons. The fraction of sp³-hybridized carbons (Fsp3) is 0.429. The minimum atomic E-state index is -0.680. The smallest absolute Gasteiger partial charge is 0.265 e. The van der Waals surface area contributed by atoms with Gasteiger partial charge in [0.25, 0.3) is 5.91 Å². The topological polar surface area (TPSA) is 62.1 Å². The number of hydrogen-bond acceptors (Lipinski definition) is 4. The van der Waals surface area contributed by atoms with Crippen LogP contribution >= 0.6 is 22.9 Å². The van der Waals surface area contributed by atoms with Crippen LogP contribution in [-0.2, 0) is 17.6 Å². The number of thiophene rings is 1. The predicted octanol–water partition coefficient (Wildman–Crippen LogP) is 5.65. The minimum Gasteiger partial charge on any atom is -0.481 e. The number of nitrogens with zero attached hydrogens (tertiary/aromatic N) is 1. The standard InChI is InChI=1S/C21H23ClN2O2S/c1-13-11-15(22)9-10-18(13)26-14(2)20(25)24-21-17(12-23)16-7-5-3-4-6-8-19(16)27-21/h9-11,14H,3-8H2,1-2H3,(H,24,25)/t14-/m1/s1. The van der Waals surface area contributed by atoms with Crippen LogP contribution in [0.5, 0.6) is 5.75 Å². The first-order valence-corrected chi connectivity index (χ1v) is 10.5. The van der Waals surface area contributed by atoms with E-state index in [0.717, 1.165) is 36.8 Å². The highest BCUT2D eigenvalue weighted by Gasteiger charge is 2.23. The molecular weight excluding hydrogens is 380 g/mol. The van der Waals surface area contributed by atoms with E-state index in [-0.39, 0.29) is 5.91 Å². The highest BCUT2D eigenvalue weighted by atomic mass is 35.5. The Balaban J connectivity index is 1.75. The summed E-state index contributed by atoms with van der Waals surface area (Å²) in [4.78, 5) is 13.9. The van der Waals surface area contributed by atoms with Gasteiger partial charge in [-0.3, -0.25) is 4.79 Å². The van der Waals surface area contributed by atoms with Crippen molar-refractivity contribution in [3.63, 3.8) is 0 Å². The van der Waals surface area contributed by atoms with Crippen molar-refractivity contribution in [1.29, 1.82) is 5.26 Å². The zero-order chi connectivity index (χ0) is 19.4. The molecule has 0 radical (unpaired) electrons. The van der Waals surface area contributed by atoms with Crippen LogP contribution in [0, 0.1) is 18.3 Å². The van der Waals surface area contributed by atoms with E-state index in [4.69, 9.17) is 16.3 Å². The maximum Gasteiger partial charge on any atom is 0.265 e. The second kappa shape index (κ2) is 8.77. The second-order valence-corrected chi connectivity index (χ2v) is 8.43. The first-order chi connectivity index (χ1) is 13.0. The lowest BCUT2D eigenvalue weighted by atomic mass is 9.97. The Morgan fingerprint density at radius 1 is 1.30 bits per heavy atom. The van der Waals surface area contributed by atoms with Gasteiger partial charge in [-0.2, -0.15) is 5.26 Å². The molecule has 4 nitrogen and oxygen atoms in total. The van der Waals surface area contributed by atoms with Gasteiger partial charge in [0.05, 0.1) is 5.56 Å². The predicted molar refractivity (Wildman–Crippen MR) is 110 cm³/mol. The molecule has 1 N–H and O–H groups in total. The fourth-order valence-corrected chi connectivity index (χ4v) is 4.80. The van der Waals surface area contributed by atoms with Crippen LogP contribution in [0.15, 0.2) is 18.2 Å². The highest BCUT2D eigenvalue weighted by Crippen LogP contribution is 2.36. The van der Waals surface area contributed by atoms with Crippen molar-refractivity contribution in [2.45, 2.75) is 58.5 Å². The van der Waals surface area contributed by atoms with Gasteiger partial charge in [-0.05, 0) is 68.9 Å². The number of aryl methyl sites for hydroxylation is 2. The SMILES string of the molecule is Cc1cc(Cl)ccc1O[C@H](C)C(=O)Nc1sc2c(c1C#N)CCCCCC2. The average Bonchev–Trinajstić information content (AvgIpc) is 2.92. The Kier molecular flexibility index (Phi) is 6.41. The molecule has 1 aliphatic rings. The number of carbonyl (C=O) groups excluding carboxylic acids is 1. The van der Waals surface area contributed by atoms with Crippen molar-refractivity contribution < 1.29 is 9.53 Å². The van der Waals surface area contributed by atoms with E-state index < -0.39 is 6.10 Å². The molecule has 1 aliphatic carbocycles. The lowest BCUT2D eigenvalue weighted by molar-refractivity contribution is -0.122. The number of amides is 1. The number of benzene rings is 1. The van der Waals surface area contributed by atoms with Gasteiger partial charge in [0.15, 0.2) is 6.10 Å². The molecule has 1 aromatic carbocycles. The Hall–Kier alpha value is -2.03. The molecule has 3 rings (SSSR count). The number of rotatable bonds is 4. The Labute approximate surface area is 169 Å². The van der Waals surface area contributed by atoms with E-state index in [2.05, 4.69) is 11.4 Å². The van der Waals surface area contributed by atoms with E-state index >= 15 is 0 Å². The van der Waals surface area contributed by atoms with Crippen molar-refractivity contribution in [2.24, 2.45) is 0 Å². The van der Waals surface area contributed by atoms with Crippen LogP contribution < -0.4 is 10.1 Å². The third-order valence-corrected chi connectivity index (χ3v) is 6.27. The molecule has 1 heterocycles. The highest BCUT2D eigenvalue weighted by molar-refractivity contribution is 7.16. The quantitative estimate of drug-likeness (QED) is 0.719. The number of ether oxygens (including phenoxy) is 1. The molecule has 27 heavy (non-hydrogen) atoms. The average molecular weight is 403 g/mol. The Morgan fingerprint density at radius 3 is 2.74 bits per heavy atom. The van der Waals surface area contributed by atoms with Crippen LogP contribution in [0.4, 0.5) is 5.00 Å². The Morgan fingerprint density at radius 2 is 2.04 bits per heavy atom. The molecule has 0 saturated carbocycles. The molecule has 2 aromatic rings. The summed E-state index contributed by atoms with van der Waals surface area (Å²) in [5.74, 6) is 0.371. The second-order valence-electron chi connectivity index (χ2n) is 6.89. The summed E-state index contributed by atoms with van der Waals surface area (Å²) < 4.78 is 5.80. The maximum absolute atomic E-state index is 12.6. The van der Waals surface area contributed by atoms with Gasteiger partial charge in [0, 0.05) is 9.90 Å². The molecule has 0 bridgehead atoms. The van der Waals surface area contributed by atoms with Gasteiger partial charge in [-0.25, -0.2) is 0 Å². The largest absolute Gasteiger partial charge is 0.481 e. The molecule has 1 atom stereocenters. The van der Waals surface area contributed by atoms with E-state index in [1.807, 2.05) is 6.92 Å². The van der Waals surface area contributed by atoms with E-state index in [1.54, 1.807) is 25.1 Å². The molecule has 1 aromatic heterocycles. The van der Waals surface area contributed by atoms with E-state index in [0.29, 0.717) is 21.3 Å². The third kappa shape index (κ3) is 4.63. The number of anilines is 1. The summed E-state index contributed by atoms with van der Waals surface area (Å²) in [5.41, 5.74) is 2.62. The minimum absolute atomic E-state index is 0.255. The number of halogens is 1. The summed E-state index contributed by atoms with van der Waals surface area (Å²) in [7, 11) is 0. The molecule has 1 amide bonds. The third-order valence-electron chi connectivity index (χ3n) is 4.83. The van der Waals surface area contributed by atoms with E-state index in [9.17, 15) is 10.1 Å². The van der Waals surface area contributed by atoms with Gasteiger partial charge in [0.1, 0.15) is 16.8 Å². The number of nitriles is 1. The van der Waals surface area contributed by atoms with Gasteiger partial charge < -0.3 is 10.1 Å². The normalized spacial score (nSPS) is 15.0.